The van der Waals surface area contributed by atoms with Gasteiger partial charge in [0.1, 0.15) is 11.4 Å². The number of aromatic nitrogens is 2. The second-order valence-electron chi connectivity index (χ2n) is 2.84. The maximum Gasteiger partial charge on any atom is 0.288 e. The van der Waals surface area contributed by atoms with Crippen molar-refractivity contribution in [3.8, 4) is 0 Å². The van der Waals surface area contributed by atoms with Crippen LogP contribution in [0.5, 0.6) is 0 Å². The van der Waals surface area contributed by atoms with Gasteiger partial charge in [0.15, 0.2) is 6.67 Å². The van der Waals surface area contributed by atoms with Gasteiger partial charge in [-0.1, -0.05) is 0 Å². The van der Waals surface area contributed by atoms with Crippen molar-refractivity contribution in [2.75, 3.05) is 0 Å². The molecule has 1 rings (SSSR count). The van der Waals surface area contributed by atoms with Crippen molar-refractivity contribution in [2.24, 2.45) is 14.1 Å². The van der Waals surface area contributed by atoms with Crippen LogP contribution in [0.4, 0.5) is 4.39 Å². The summed E-state index contributed by atoms with van der Waals surface area (Å²) < 4.78 is 16.2. The van der Waals surface area contributed by atoms with Crippen LogP contribution in [0.2, 0.25) is 0 Å². The summed E-state index contributed by atoms with van der Waals surface area (Å²) in [6.45, 7) is 3.59. The Kier molecular flexibility index (Phi) is 1.98. The molecule has 1 heterocycles. The van der Waals surface area contributed by atoms with Gasteiger partial charge in [-0.3, -0.25) is 0 Å². The lowest BCUT2D eigenvalue weighted by Gasteiger charge is -1.90. The highest BCUT2D eigenvalue weighted by atomic mass is 19.1. The molecular weight excluding hydrogens is 143 g/mol. The Hall–Kier alpha value is -0.860. The summed E-state index contributed by atoms with van der Waals surface area (Å²) in [6, 6.07) is 0. The molecule has 62 valence electrons. The predicted molar refractivity (Wildman–Crippen MR) is 40.9 cm³/mol. The van der Waals surface area contributed by atoms with E-state index in [1.807, 2.05) is 37.1 Å². The molecule has 0 aliphatic carbocycles. The molecule has 0 atom stereocenters. The van der Waals surface area contributed by atoms with Crippen LogP contribution in [0.25, 0.3) is 0 Å². The summed E-state index contributed by atoms with van der Waals surface area (Å²) in [5.74, 6) is 0.722. The van der Waals surface area contributed by atoms with Gasteiger partial charge in [0.2, 0.25) is 0 Å². The Morgan fingerprint density at radius 1 is 1.45 bits per heavy atom. The van der Waals surface area contributed by atoms with Crippen molar-refractivity contribution in [3.05, 3.63) is 17.2 Å². The first-order valence-electron chi connectivity index (χ1n) is 3.66. The highest BCUT2D eigenvalue weighted by molar-refractivity contribution is 5.05. The number of rotatable bonds is 1. The number of nitrogens with zero attached hydrogens (tertiary/aromatic N) is 2. The number of halogens is 1. The lowest BCUT2D eigenvalue weighted by atomic mass is 10.4. The minimum atomic E-state index is -0.401. The third kappa shape index (κ3) is 1.04. The van der Waals surface area contributed by atoms with Gasteiger partial charge in [-0.2, -0.15) is 0 Å². The predicted octanol–water partition coefficient (Wildman–Crippen LogP) is 0.936. The topological polar surface area (TPSA) is 8.81 Å². The van der Waals surface area contributed by atoms with Crippen molar-refractivity contribution >= 4 is 0 Å². The third-order valence-electron chi connectivity index (χ3n) is 2.42. The van der Waals surface area contributed by atoms with Crippen LogP contribution in [0, 0.1) is 13.8 Å². The average molecular weight is 157 g/mol. The molecule has 0 spiro atoms. The van der Waals surface area contributed by atoms with Gasteiger partial charge < -0.3 is 0 Å². The van der Waals surface area contributed by atoms with E-state index in [2.05, 4.69) is 0 Å². The summed E-state index contributed by atoms with van der Waals surface area (Å²) in [5, 5.41) is 0. The Bertz CT molecular complexity index is 251. The monoisotopic (exact) mass is 157 g/mol. The van der Waals surface area contributed by atoms with E-state index >= 15 is 0 Å². The van der Waals surface area contributed by atoms with E-state index in [1.54, 1.807) is 0 Å². The van der Waals surface area contributed by atoms with Gasteiger partial charge >= 0.3 is 0 Å². The Balaban J connectivity index is 3.36. The molecule has 0 aliphatic rings. The molecule has 0 bridgehead atoms. The average Bonchev–Trinajstić information content (AvgIpc) is 2.17. The lowest BCUT2D eigenvalue weighted by Crippen LogP contribution is -2.34. The molecule has 0 saturated heterocycles. The summed E-state index contributed by atoms with van der Waals surface area (Å²) in [5.41, 5.74) is 2.25. The molecule has 2 nitrogen and oxygen atoms in total. The molecule has 11 heavy (non-hydrogen) atoms. The number of alkyl halides is 1. The molecule has 0 saturated carbocycles. The summed E-state index contributed by atoms with van der Waals surface area (Å²) in [7, 11) is 3.77. The van der Waals surface area contributed by atoms with Crippen molar-refractivity contribution in [1.82, 2.24) is 4.57 Å². The zero-order chi connectivity index (χ0) is 8.59. The van der Waals surface area contributed by atoms with Crippen LogP contribution in [0.3, 0.4) is 0 Å². The largest absolute Gasteiger partial charge is 0.288 e. The van der Waals surface area contributed by atoms with Gasteiger partial charge in [-0.25, -0.2) is 13.5 Å². The number of hydrogen-bond donors (Lipinski definition) is 0. The smallest absolute Gasteiger partial charge is 0.237 e. The number of hydrogen-bond acceptors (Lipinski definition) is 0. The van der Waals surface area contributed by atoms with E-state index in [0.29, 0.717) is 0 Å². The quantitative estimate of drug-likeness (QED) is 0.536. The van der Waals surface area contributed by atoms with E-state index in [4.69, 9.17) is 0 Å². The lowest BCUT2D eigenvalue weighted by molar-refractivity contribution is -0.686. The van der Waals surface area contributed by atoms with E-state index in [0.717, 1.165) is 17.2 Å². The zero-order valence-electron chi connectivity index (χ0n) is 7.48. The van der Waals surface area contributed by atoms with Gasteiger partial charge in [-0.05, 0) is 0 Å². The maximum atomic E-state index is 12.4. The normalized spacial score (nSPS) is 10.6. The molecule has 3 heteroatoms. The number of imidazole rings is 1. The Labute approximate surface area is 66.3 Å². The first-order valence-corrected chi connectivity index (χ1v) is 3.66. The molecule has 0 radical (unpaired) electrons. The minimum absolute atomic E-state index is 0.401. The molecule has 0 amide bonds. The Morgan fingerprint density at radius 2 is 2.00 bits per heavy atom. The molecule has 0 N–H and O–H groups in total. The van der Waals surface area contributed by atoms with Crippen molar-refractivity contribution in [1.29, 1.82) is 0 Å². The first-order chi connectivity index (χ1) is 5.09. The van der Waals surface area contributed by atoms with E-state index in [1.165, 1.54) is 0 Å². The van der Waals surface area contributed by atoms with Crippen LogP contribution in [-0.2, 0) is 20.8 Å². The standard InChI is InChI=1S/C8H14FN2/c1-6-7(2)11(4)8(5-9)10(6)3/h5H2,1-4H3/q+1. The van der Waals surface area contributed by atoms with Crippen LogP contribution in [-0.4, -0.2) is 4.57 Å². The highest BCUT2D eigenvalue weighted by Crippen LogP contribution is 2.05. The maximum absolute atomic E-state index is 12.4. The zero-order valence-corrected chi connectivity index (χ0v) is 7.48. The van der Waals surface area contributed by atoms with E-state index in [9.17, 15) is 4.39 Å². The fraction of sp³-hybridized carbons (Fsp3) is 0.625. The first kappa shape index (κ1) is 8.24. The van der Waals surface area contributed by atoms with Gasteiger partial charge in [0, 0.05) is 13.8 Å². The van der Waals surface area contributed by atoms with Crippen LogP contribution >= 0.6 is 0 Å². The highest BCUT2D eigenvalue weighted by Gasteiger charge is 2.19. The van der Waals surface area contributed by atoms with Gasteiger partial charge in [-0.15, -0.1) is 0 Å². The van der Waals surface area contributed by atoms with Crippen molar-refractivity contribution in [3.63, 3.8) is 0 Å². The van der Waals surface area contributed by atoms with Crippen molar-refractivity contribution in [2.45, 2.75) is 20.5 Å². The molecule has 0 aliphatic heterocycles. The minimum Gasteiger partial charge on any atom is -0.237 e. The second kappa shape index (κ2) is 2.64. The van der Waals surface area contributed by atoms with Gasteiger partial charge in [0.05, 0.1) is 14.1 Å². The van der Waals surface area contributed by atoms with Crippen LogP contribution < -0.4 is 4.57 Å². The fourth-order valence-corrected chi connectivity index (χ4v) is 1.28. The molecule has 0 aromatic carbocycles. The van der Waals surface area contributed by atoms with Crippen molar-refractivity contribution < 1.29 is 8.96 Å². The summed E-state index contributed by atoms with van der Waals surface area (Å²) >= 11 is 0. The second-order valence-corrected chi connectivity index (χ2v) is 2.84. The summed E-state index contributed by atoms with van der Waals surface area (Å²) in [4.78, 5) is 0. The molecule has 0 unspecified atom stereocenters. The van der Waals surface area contributed by atoms with Crippen LogP contribution in [0.1, 0.15) is 17.2 Å². The molecule has 1 aromatic rings. The molecule has 0 fully saturated rings. The van der Waals surface area contributed by atoms with E-state index in [-0.39, 0.29) is 0 Å². The molecule has 1 aromatic heterocycles. The van der Waals surface area contributed by atoms with Crippen LogP contribution in [0.15, 0.2) is 0 Å². The SMILES string of the molecule is Cc1c(C)[n+](C)c(CF)n1C. The summed E-state index contributed by atoms with van der Waals surface area (Å²) in [6.07, 6.45) is 0. The fourth-order valence-electron chi connectivity index (χ4n) is 1.28. The molecular formula is C8H14FN2+. The Morgan fingerprint density at radius 3 is 2.18 bits per heavy atom. The van der Waals surface area contributed by atoms with E-state index < -0.39 is 6.67 Å². The third-order valence-corrected chi connectivity index (χ3v) is 2.42. The van der Waals surface area contributed by atoms with Gasteiger partial charge in [0.25, 0.3) is 5.82 Å².